The first-order chi connectivity index (χ1) is 10.7. The molecule has 0 unspecified atom stereocenters. The quantitative estimate of drug-likeness (QED) is 0.725. The maximum absolute atomic E-state index is 5.88. The van der Waals surface area contributed by atoms with Crippen LogP contribution in [0.15, 0.2) is 42.5 Å². The maximum atomic E-state index is 5.88. The van der Waals surface area contributed by atoms with Crippen LogP contribution in [0, 0.1) is 13.8 Å². The van der Waals surface area contributed by atoms with Gasteiger partial charge in [0.15, 0.2) is 0 Å². The molecule has 4 heteroatoms. The van der Waals surface area contributed by atoms with Crippen molar-refractivity contribution in [2.45, 2.75) is 27.0 Å². The first kappa shape index (κ1) is 13.1. The molecule has 0 atom stereocenters. The van der Waals surface area contributed by atoms with Crippen LogP contribution in [0.1, 0.15) is 22.4 Å². The van der Waals surface area contributed by atoms with Crippen LogP contribution in [0.2, 0.25) is 0 Å². The van der Waals surface area contributed by atoms with Gasteiger partial charge in [0.2, 0.25) is 0 Å². The van der Waals surface area contributed by atoms with Gasteiger partial charge in [0, 0.05) is 5.56 Å². The lowest BCUT2D eigenvalue weighted by molar-refractivity contribution is 0.295. The molecule has 110 valence electrons. The summed E-state index contributed by atoms with van der Waals surface area (Å²) in [6, 6.07) is 14.6. The lowest BCUT2D eigenvalue weighted by Gasteiger charge is -2.20. The van der Waals surface area contributed by atoms with E-state index in [9.17, 15) is 0 Å². The van der Waals surface area contributed by atoms with Gasteiger partial charge in [0.1, 0.15) is 18.1 Å². The lowest BCUT2D eigenvalue weighted by Crippen LogP contribution is -2.11. The summed E-state index contributed by atoms with van der Waals surface area (Å²) in [6.45, 7) is 5.39. The SMILES string of the molecule is Cc1cc(C)c2c(c1)-c1c(nnn1Cc1ccccc1)CO2. The fraction of sp³-hybridized carbons (Fsp3) is 0.222. The fourth-order valence-corrected chi connectivity index (χ4v) is 3.07. The van der Waals surface area contributed by atoms with E-state index in [0.717, 1.165) is 34.8 Å². The number of nitrogens with zero attached hydrogens (tertiary/aromatic N) is 3. The zero-order valence-electron chi connectivity index (χ0n) is 12.7. The second-order valence-corrected chi connectivity index (χ2v) is 5.78. The Morgan fingerprint density at radius 1 is 1.14 bits per heavy atom. The van der Waals surface area contributed by atoms with Gasteiger partial charge in [-0.1, -0.05) is 41.6 Å². The molecule has 1 aliphatic heterocycles. The van der Waals surface area contributed by atoms with Crippen molar-refractivity contribution in [2.75, 3.05) is 0 Å². The van der Waals surface area contributed by atoms with Gasteiger partial charge in [-0.15, -0.1) is 5.10 Å². The number of aryl methyl sites for hydroxylation is 2. The summed E-state index contributed by atoms with van der Waals surface area (Å²) in [4.78, 5) is 0. The Labute approximate surface area is 129 Å². The molecule has 0 spiro atoms. The molecular weight excluding hydrogens is 274 g/mol. The molecule has 0 fully saturated rings. The Kier molecular flexibility index (Phi) is 2.96. The maximum Gasteiger partial charge on any atom is 0.134 e. The molecule has 2 aromatic carbocycles. The highest BCUT2D eigenvalue weighted by Crippen LogP contribution is 2.39. The number of hydrogen-bond acceptors (Lipinski definition) is 3. The predicted molar refractivity (Wildman–Crippen MR) is 84.8 cm³/mol. The average molecular weight is 291 g/mol. The predicted octanol–water partition coefficient (Wildman–Crippen LogP) is 3.50. The largest absolute Gasteiger partial charge is 0.486 e. The van der Waals surface area contributed by atoms with E-state index in [2.05, 4.69) is 48.4 Å². The highest BCUT2D eigenvalue weighted by molar-refractivity contribution is 5.73. The van der Waals surface area contributed by atoms with Crippen LogP contribution in [0.5, 0.6) is 5.75 Å². The average Bonchev–Trinajstić information content (AvgIpc) is 2.91. The van der Waals surface area contributed by atoms with E-state index in [4.69, 9.17) is 4.74 Å². The van der Waals surface area contributed by atoms with Crippen LogP contribution in [-0.4, -0.2) is 15.0 Å². The van der Waals surface area contributed by atoms with Gasteiger partial charge in [-0.05, 0) is 36.6 Å². The van der Waals surface area contributed by atoms with Gasteiger partial charge in [-0.3, -0.25) is 0 Å². The van der Waals surface area contributed by atoms with Crippen molar-refractivity contribution in [2.24, 2.45) is 0 Å². The second-order valence-electron chi connectivity index (χ2n) is 5.78. The minimum atomic E-state index is 0.487. The molecule has 4 rings (SSSR count). The van der Waals surface area contributed by atoms with Gasteiger partial charge in [-0.2, -0.15) is 0 Å². The lowest BCUT2D eigenvalue weighted by atomic mass is 10.00. The smallest absolute Gasteiger partial charge is 0.134 e. The molecule has 4 nitrogen and oxygen atoms in total. The van der Waals surface area contributed by atoms with Crippen LogP contribution < -0.4 is 4.74 Å². The molecule has 0 saturated carbocycles. The Balaban J connectivity index is 1.84. The second kappa shape index (κ2) is 4.98. The topological polar surface area (TPSA) is 39.9 Å². The van der Waals surface area contributed by atoms with Crippen molar-refractivity contribution in [3.05, 3.63) is 64.8 Å². The van der Waals surface area contributed by atoms with E-state index in [1.165, 1.54) is 11.1 Å². The Morgan fingerprint density at radius 3 is 2.77 bits per heavy atom. The van der Waals surface area contributed by atoms with Crippen LogP contribution in [0.4, 0.5) is 0 Å². The molecule has 2 heterocycles. The van der Waals surface area contributed by atoms with Crippen LogP contribution >= 0.6 is 0 Å². The number of benzene rings is 2. The minimum absolute atomic E-state index is 0.487. The van der Waals surface area contributed by atoms with Crippen molar-refractivity contribution in [3.8, 4) is 17.0 Å². The van der Waals surface area contributed by atoms with Gasteiger partial charge in [0.05, 0.1) is 12.2 Å². The van der Waals surface area contributed by atoms with E-state index in [1.54, 1.807) is 0 Å². The molecule has 22 heavy (non-hydrogen) atoms. The van der Waals surface area contributed by atoms with E-state index in [-0.39, 0.29) is 0 Å². The summed E-state index contributed by atoms with van der Waals surface area (Å²) in [5, 5.41) is 8.64. The van der Waals surface area contributed by atoms with E-state index < -0.39 is 0 Å². The van der Waals surface area contributed by atoms with Crippen molar-refractivity contribution in [1.82, 2.24) is 15.0 Å². The van der Waals surface area contributed by atoms with Crippen molar-refractivity contribution in [1.29, 1.82) is 0 Å². The molecule has 1 aromatic heterocycles. The molecule has 3 aromatic rings. The summed E-state index contributed by atoms with van der Waals surface area (Å²) in [5.74, 6) is 0.953. The molecule has 1 aliphatic rings. The zero-order valence-corrected chi connectivity index (χ0v) is 12.7. The number of aromatic nitrogens is 3. The normalized spacial score (nSPS) is 12.5. The molecule has 0 aliphatic carbocycles. The van der Waals surface area contributed by atoms with Gasteiger partial charge in [-0.25, -0.2) is 4.68 Å². The third-order valence-corrected chi connectivity index (χ3v) is 4.01. The molecule has 0 N–H and O–H groups in total. The molecule has 0 bridgehead atoms. The van der Waals surface area contributed by atoms with E-state index in [0.29, 0.717) is 6.61 Å². The van der Waals surface area contributed by atoms with Crippen LogP contribution in [0.25, 0.3) is 11.3 Å². The highest BCUT2D eigenvalue weighted by Gasteiger charge is 2.25. The van der Waals surface area contributed by atoms with E-state index >= 15 is 0 Å². The zero-order chi connectivity index (χ0) is 15.1. The summed E-state index contributed by atoms with van der Waals surface area (Å²) < 4.78 is 7.86. The molecular formula is C18H17N3O. The molecule has 0 radical (unpaired) electrons. The Bertz CT molecular complexity index is 837. The molecule has 0 amide bonds. The number of hydrogen-bond donors (Lipinski definition) is 0. The Hall–Kier alpha value is -2.62. The number of rotatable bonds is 2. The molecule has 0 saturated heterocycles. The van der Waals surface area contributed by atoms with E-state index in [1.807, 2.05) is 22.9 Å². The van der Waals surface area contributed by atoms with Gasteiger partial charge >= 0.3 is 0 Å². The third-order valence-electron chi connectivity index (χ3n) is 4.01. The number of fused-ring (bicyclic) bond motifs is 3. The number of ether oxygens (including phenoxy) is 1. The fourth-order valence-electron chi connectivity index (χ4n) is 3.07. The highest BCUT2D eigenvalue weighted by atomic mass is 16.5. The van der Waals surface area contributed by atoms with Crippen molar-refractivity contribution < 1.29 is 4.74 Å². The monoisotopic (exact) mass is 291 g/mol. The summed E-state index contributed by atoms with van der Waals surface area (Å²) in [6.07, 6.45) is 0. The van der Waals surface area contributed by atoms with Crippen LogP contribution in [0.3, 0.4) is 0 Å². The summed E-state index contributed by atoms with van der Waals surface area (Å²) >= 11 is 0. The van der Waals surface area contributed by atoms with Crippen LogP contribution in [-0.2, 0) is 13.2 Å². The minimum Gasteiger partial charge on any atom is -0.486 e. The van der Waals surface area contributed by atoms with Crippen molar-refractivity contribution in [3.63, 3.8) is 0 Å². The van der Waals surface area contributed by atoms with Crippen molar-refractivity contribution >= 4 is 0 Å². The summed E-state index contributed by atoms with van der Waals surface area (Å²) in [5.41, 5.74) is 6.69. The standard InChI is InChI=1S/C18H17N3O/c1-12-8-13(2)18-15(9-12)17-16(11-22-18)19-20-21(17)10-14-6-4-3-5-7-14/h3-9H,10-11H2,1-2H3. The van der Waals surface area contributed by atoms with Gasteiger partial charge in [0.25, 0.3) is 0 Å². The first-order valence-corrected chi connectivity index (χ1v) is 7.43. The van der Waals surface area contributed by atoms with Gasteiger partial charge < -0.3 is 4.74 Å². The summed E-state index contributed by atoms with van der Waals surface area (Å²) in [7, 11) is 0. The first-order valence-electron chi connectivity index (χ1n) is 7.43. The third kappa shape index (κ3) is 2.08. The Morgan fingerprint density at radius 2 is 1.95 bits per heavy atom.